The Kier molecular flexibility index (Phi) is 6.63. The molecule has 32 heavy (non-hydrogen) atoms. The molecule has 0 atom stereocenters. The summed E-state index contributed by atoms with van der Waals surface area (Å²) in [6, 6.07) is 19.3. The minimum Gasteiger partial charge on any atom is -0.306 e. The Morgan fingerprint density at radius 2 is 1.75 bits per heavy atom. The summed E-state index contributed by atoms with van der Waals surface area (Å²) in [4.78, 5) is 4.47. The summed E-state index contributed by atoms with van der Waals surface area (Å²) in [6.07, 6.45) is 12.6. The molecule has 5 heteroatoms. The average molecular weight is 441 g/mol. The van der Waals surface area contributed by atoms with E-state index in [0.717, 1.165) is 61.8 Å². The van der Waals surface area contributed by atoms with Crippen LogP contribution in [0, 0.1) is 0 Å². The van der Waals surface area contributed by atoms with Gasteiger partial charge in [-0.05, 0) is 47.9 Å². The van der Waals surface area contributed by atoms with E-state index in [1.807, 2.05) is 6.21 Å². The van der Waals surface area contributed by atoms with Gasteiger partial charge in [-0.3, -0.25) is 4.99 Å². The van der Waals surface area contributed by atoms with Crippen molar-refractivity contribution < 1.29 is 0 Å². The highest BCUT2D eigenvalue weighted by Gasteiger charge is 2.17. The van der Waals surface area contributed by atoms with Crippen LogP contribution in [-0.2, 0) is 25.1 Å². The Morgan fingerprint density at radius 1 is 0.875 bits per heavy atom. The third-order valence-corrected chi connectivity index (χ3v) is 7.12. The van der Waals surface area contributed by atoms with Crippen molar-refractivity contribution in [3.8, 4) is 0 Å². The number of hydrogen-bond donors (Lipinski definition) is 0. The predicted molar refractivity (Wildman–Crippen MR) is 133 cm³/mol. The van der Waals surface area contributed by atoms with Crippen molar-refractivity contribution in [2.45, 2.75) is 56.0 Å². The summed E-state index contributed by atoms with van der Waals surface area (Å²) < 4.78 is 2.34. The molecule has 2 aromatic carbocycles. The number of thioether (sulfide) groups is 1. The number of aryl methyl sites for hydroxylation is 1. The Hall–Kier alpha value is -2.92. The van der Waals surface area contributed by atoms with E-state index in [1.165, 1.54) is 28.0 Å². The molecule has 0 unspecified atom stereocenters. The Morgan fingerprint density at radius 3 is 2.62 bits per heavy atom. The lowest BCUT2D eigenvalue weighted by molar-refractivity contribution is 0.568. The fraction of sp³-hybridized carbons (Fsp3) is 0.296. The van der Waals surface area contributed by atoms with Gasteiger partial charge >= 0.3 is 0 Å². The molecule has 2 aliphatic rings. The lowest BCUT2D eigenvalue weighted by Crippen LogP contribution is -2.06. The van der Waals surface area contributed by atoms with Crippen LogP contribution in [0.3, 0.4) is 0 Å². The monoisotopic (exact) mass is 440 g/mol. The third-order valence-electron chi connectivity index (χ3n) is 6.08. The highest BCUT2D eigenvalue weighted by molar-refractivity contribution is 7.98. The highest BCUT2D eigenvalue weighted by atomic mass is 32.2. The van der Waals surface area contributed by atoms with Crippen LogP contribution >= 0.6 is 11.8 Å². The van der Waals surface area contributed by atoms with Gasteiger partial charge in [-0.1, -0.05) is 78.5 Å². The molecule has 0 fully saturated rings. The number of allylic oxidation sites excluding steroid dienone is 4. The second-order valence-corrected chi connectivity index (χ2v) is 9.20. The van der Waals surface area contributed by atoms with Crippen molar-refractivity contribution in [1.29, 1.82) is 0 Å². The summed E-state index contributed by atoms with van der Waals surface area (Å²) in [5.74, 6) is 2.00. The molecule has 4 nitrogen and oxygen atoms in total. The van der Waals surface area contributed by atoms with E-state index >= 15 is 0 Å². The molecule has 0 amide bonds. The summed E-state index contributed by atoms with van der Waals surface area (Å²) in [6.45, 7) is 0.932. The van der Waals surface area contributed by atoms with E-state index in [-0.39, 0.29) is 0 Å². The maximum absolute atomic E-state index is 4.62. The number of aliphatic imine (C=N–C) groups is 1. The predicted octanol–water partition coefficient (Wildman–Crippen LogP) is 6.28. The second kappa shape index (κ2) is 10.1. The van der Waals surface area contributed by atoms with Gasteiger partial charge in [0, 0.05) is 37.1 Å². The fourth-order valence-electron chi connectivity index (χ4n) is 4.39. The van der Waals surface area contributed by atoms with Crippen LogP contribution in [-0.4, -0.2) is 21.0 Å². The van der Waals surface area contributed by atoms with Crippen molar-refractivity contribution in [2.75, 3.05) is 0 Å². The molecular formula is C27H28N4S. The average Bonchev–Trinajstić information content (AvgIpc) is 3.58. The summed E-state index contributed by atoms with van der Waals surface area (Å²) in [5.41, 5.74) is 6.81. The van der Waals surface area contributed by atoms with Gasteiger partial charge in [0.15, 0.2) is 5.16 Å². The molecule has 5 rings (SSSR count). The van der Waals surface area contributed by atoms with Crippen molar-refractivity contribution >= 4 is 23.5 Å². The SMILES string of the molecule is C1=NC(CCCn2c(CCC3=CCc4ccccc43)nnc2SCc2ccccc2)=CC1. The van der Waals surface area contributed by atoms with Gasteiger partial charge in [-0.2, -0.15) is 0 Å². The number of hydrogen-bond acceptors (Lipinski definition) is 4. The first kappa shape index (κ1) is 21.0. The number of benzene rings is 2. The number of nitrogens with zero attached hydrogens (tertiary/aromatic N) is 4. The first-order valence-corrected chi connectivity index (χ1v) is 12.4. The van der Waals surface area contributed by atoms with Gasteiger partial charge in [-0.25, -0.2) is 0 Å². The van der Waals surface area contributed by atoms with E-state index in [1.54, 1.807) is 11.8 Å². The van der Waals surface area contributed by atoms with Gasteiger partial charge in [0.2, 0.25) is 0 Å². The maximum atomic E-state index is 4.62. The topological polar surface area (TPSA) is 43.1 Å². The molecule has 1 aliphatic heterocycles. The van der Waals surface area contributed by atoms with Crippen LogP contribution in [0.4, 0.5) is 0 Å². The van der Waals surface area contributed by atoms with Crippen LogP contribution in [0.1, 0.15) is 48.2 Å². The summed E-state index contributed by atoms with van der Waals surface area (Å²) in [7, 11) is 0. The van der Waals surface area contributed by atoms with Gasteiger partial charge in [0.05, 0.1) is 0 Å². The Labute approximate surface area is 194 Å². The summed E-state index contributed by atoms with van der Waals surface area (Å²) in [5, 5.41) is 10.2. The van der Waals surface area contributed by atoms with E-state index in [2.05, 4.69) is 86.5 Å². The Balaban J connectivity index is 1.28. The zero-order valence-corrected chi connectivity index (χ0v) is 19.1. The number of rotatable bonds is 10. The second-order valence-electron chi connectivity index (χ2n) is 8.26. The molecule has 2 heterocycles. The molecule has 3 aromatic rings. The zero-order valence-electron chi connectivity index (χ0n) is 18.3. The third kappa shape index (κ3) is 4.94. The lowest BCUT2D eigenvalue weighted by Gasteiger charge is -2.11. The quantitative estimate of drug-likeness (QED) is 0.348. The van der Waals surface area contributed by atoms with Gasteiger partial charge in [0.25, 0.3) is 0 Å². The first-order valence-electron chi connectivity index (χ1n) is 11.4. The van der Waals surface area contributed by atoms with Crippen LogP contribution < -0.4 is 0 Å². The van der Waals surface area contributed by atoms with E-state index < -0.39 is 0 Å². The molecule has 0 saturated carbocycles. The first-order chi connectivity index (χ1) is 15.9. The molecule has 1 aliphatic carbocycles. The van der Waals surface area contributed by atoms with Gasteiger partial charge < -0.3 is 4.57 Å². The highest BCUT2D eigenvalue weighted by Crippen LogP contribution is 2.31. The van der Waals surface area contributed by atoms with Crippen LogP contribution in [0.5, 0.6) is 0 Å². The van der Waals surface area contributed by atoms with Crippen LogP contribution in [0.15, 0.2) is 82.6 Å². The number of aromatic nitrogens is 3. The minimum atomic E-state index is 0.910. The van der Waals surface area contributed by atoms with E-state index in [0.29, 0.717) is 0 Å². The number of fused-ring (bicyclic) bond motifs is 1. The normalized spacial score (nSPS) is 14.5. The van der Waals surface area contributed by atoms with E-state index in [9.17, 15) is 0 Å². The maximum Gasteiger partial charge on any atom is 0.191 e. The minimum absolute atomic E-state index is 0.910. The van der Waals surface area contributed by atoms with Crippen molar-refractivity contribution in [1.82, 2.24) is 14.8 Å². The Bertz CT molecular complexity index is 1160. The smallest absolute Gasteiger partial charge is 0.191 e. The van der Waals surface area contributed by atoms with Gasteiger partial charge in [0.1, 0.15) is 5.82 Å². The summed E-state index contributed by atoms with van der Waals surface area (Å²) >= 11 is 1.78. The molecule has 0 saturated heterocycles. The zero-order chi connectivity index (χ0) is 21.6. The molecule has 0 bridgehead atoms. The van der Waals surface area contributed by atoms with Crippen LogP contribution in [0.2, 0.25) is 0 Å². The molecule has 0 radical (unpaired) electrons. The van der Waals surface area contributed by atoms with Gasteiger partial charge in [-0.15, -0.1) is 10.2 Å². The van der Waals surface area contributed by atoms with Crippen molar-refractivity contribution in [3.05, 3.63) is 95.0 Å². The van der Waals surface area contributed by atoms with Crippen molar-refractivity contribution in [2.24, 2.45) is 4.99 Å². The molecule has 0 spiro atoms. The van der Waals surface area contributed by atoms with Crippen LogP contribution in [0.25, 0.3) is 5.57 Å². The standard InChI is InChI=1S/C27H28N4S/c1-2-8-21(9-3-1)20-32-27-30-29-26(31(27)19-7-12-24-11-6-18-28-24)17-16-23-15-14-22-10-4-5-13-25(22)23/h1-5,8-11,13,15,18H,6-7,12,14,16-17,19-20H2. The molecule has 162 valence electrons. The van der Waals surface area contributed by atoms with Crippen molar-refractivity contribution in [3.63, 3.8) is 0 Å². The molecule has 0 N–H and O–H groups in total. The lowest BCUT2D eigenvalue weighted by atomic mass is 10.0. The fourth-order valence-corrected chi connectivity index (χ4v) is 5.33. The molecular weight excluding hydrogens is 412 g/mol. The van der Waals surface area contributed by atoms with E-state index in [4.69, 9.17) is 0 Å². The molecule has 1 aromatic heterocycles. The largest absolute Gasteiger partial charge is 0.306 e.